The molecule has 0 unspecified atom stereocenters. The Labute approximate surface area is 103 Å². The molecule has 1 aromatic carbocycles. The largest absolute Gasteiger partial charge is 0.493 e. The molecule has 1 heterocycles. The molecule has 0 amide bonds. The Morgan fingerprint density at radius 2 is 2.12 bits per heavy atom. The number of carboxylic acid groups (broad SMARTS) is 1. The molecule has 0 aliphatic rings. The van der Waals surface area contributed by atoms with Gasteiger partial charge >= 0.3 is 5.97 Å². The lowest BCUT2D eigenvalue weighted by Crippen LogP contribution is -2.00. The van der Waals surface area contributed by atoms with Crippen molar-refractivity contribution in [3.05, 3.63) is 47.0 Å². The van der Waals surface area contributed by atoms with E-state index in [-0.39, 0.29) is 5.69 Å². The molecule has 0 spiro atoms. The van der Waals surface area contributed by atoms with Crippen LogP contribution in [0.5, 0.6) is 5.75 Å². The number of hydrogen-bond donors (Lipinski definition) is 1. The number of hydrogen-bond acceptors (Lipinski definition) is 4. The highest BCUT2D eigenvalue weighted by atomic mass is 32.1. The van der Waals surface area contributed by atoms with Crippen molar-refractivity contribution < 1.29 is 14.6 Å². The molecule has 0 fully saturated rings. The minimum atomic E-state index is -0.989. The number of nitrogens with zero attached hydrogens (tertiary/aromatic N) is 1. The summed E-state index contributed by atoms with van der Waals surface area (Å²) < 4.78 is 9.34. The lowest BCUT2D eigenvalue weighted by atomic mass is 10.3. The molecule has 5 heteroatoms. The highest BCUT2D eigenvalue weighted by molar-refractivity contribution is 7.05. The van der Waals surface area contributed by atoms with E-state index in [1.54, 1.807) is 6.07 Å². The number of ether oxygens (including phenoxy) is 1. The highest BCUT2D eigenvalue weighted by Gasteiger charge is 2.08. The molecule has 2 aromatic rings. The van der Waals surface area contributed by atoms with E-state index >= 15 is 0 Å². The summed E-state index contributed by atoms with van der Waals surface area (Å²) in [4.78, 5) is 11.5. The molecule has 4 nitrogen and oxygen atoms in total. The van der Waals surface area contributed by atoms with Gasteiger partial charge in [0.05, 0.1) is 6.61 Å². The van der Waals surface area contributed by atoms with Gasteiger partial charge in [0, 0.05) is 11.3 Å². The maximum atomic E-state index is 10.6. The van der Waals surface area contributed by atoms with E-state index in [0.717, 1.165) is 10.6 Å². The third kappa shape index (κ3) is 3.29. The molecule has 1 N–H and O–H groups in total. The van der Waals surface area contributed by atoms with E-state index < -0.39 is 5.97 Å². The second-order valence-corrected chi connectivity index (χ2v) is 4.28. The summed E-state index contributed by atoms with van der Waals surface area (Å²) in [6, 6.07) is 11.1. The van der Waals surface area contributed by atoms with Crippen LogP contribution in [0.2, 0.25) is 0 Å². The van der Waals surface area contributed by atoms with Gasteiger partial charge in [-0.15, -0.1) is 0 Å². The molecular formula is C12H11NO3S. The molecule has 0 radical (unpaired) electrons. The Balaban J connectivity index is 1.84. The SMILES string of the molecule is O=C(O)c1cc(CCOc2ccccc2)sn1. The van der Waals surface area contributed by atoms with Crippen LogP contribution < -0.4 is 4.74 Å². The normalized spacial score (nSPS) is 10.1. The summed E-state index contributed by atoms with van der Waals surface area (Å²) in [6.45, 7) is 0.519. The Kier molecular flexibility index (Phi) is 3.72. The van der Waals surface area contributed by atoms with E-state index in [1.807, 2.05) is 30.3 Å². The summed E-state index contributed by atoms with van der Waals surface area (Å²) in [6.07, 6.45) is 0.667. The summed E-state index contributed by atoms with van der Waals surface area (Å²) in [5.41, 5.74) is 0.102. The Hall–Kier alpha value is -1.88. The van der Waals surface area contributed by atoms with E-state index in [9.17, 15) is 4.79 Å². The van der Waals surface area contributed by atoms with Crippen molar-refractivity contribution in [2.45, 2.75) is 6.42 Å². The standard InChI is InChI=1S/C12H11NO3S/c14-12(15)11-8-10(17-13-11)6-7-16-9-4-2-1-3-5-9/h1-5,8H,6-7H2,(H,14,15). The topological polar surface area (TPSA) is 59.4 Å². The number of aromatic carboxylic acids is 1. The van der Waals surface area contributed by atoms with Crippen molar-refractivity contribution in [3.8, 4) is 5.75 Å². The Morgan fingerprint density at radius 3 is 2.76 bits per heavy atom. The fourth-order valence-corrected chi connectivity index (χ4v) is 2.00. The lowest BCUT2D eigenvalue weighted by Gasteiger charge is -2.03. The van der Waals surface area contributed by atoms with Crippen LogP contribution in [-0.4, -0.2) is 22.1 Å². The number of rotatable bonds is 5. The molecule has 0 aliphatic carbocycles. The van der Waals surface area contributed by atoms with Gasteiger partial charge in [-0.05, 0) is 29.7 Å². The predicted octanol–water partition coefficient (Wildman–Crippen LogP) is 2.46. The first-order valence-electron chi connectivity index (χ1n) is 5.12. The number of benzene rings is 1. The van der Waals surface area contributed by atoms with Gasteiger partial charge in [-0.3, -0.25) is 0 Å². The van der Waals surface area contributed by atoms with E-state index in [1.165, 1.54) is 11.5 Å². The molecule has 0 saturated carbocycles. The van der Waals surface area contributed by atoms with Crippen LogP contribution in [0.1, 0.15) is 15.4 Å². The summed E-state index contributed by atoms with van der Waals surface area (Å²) >= 11 is 1.20. The van der Waals surface area contributed by atoms with Crippen molar-refractivity contribution in [1.29, 1.82) is 0 Å². The zero-order valence-electron chi connectivity index (χ0n) is 9.00. The number of aromatic nitrogens is 1. The molecule has 17 heavy (non-hydrogen) atoms. The quantitative estimate of drug-likeness (QED) is 0.884. The molecule has 0 bridgehead atoms. The first kappa shape index (κ1) is 11.6. The van der Waals surface area contributed by atoms with Gasteiger partial charge in [0.15, 0.2) is 5.69 Å². The summed E-state index contributed by atoms with van der Waals surface area (Å²) in [5, 5.41) is 8.71. The number of carbonyl (C=O) groups is 1. The second kappa shape index (κ2) is 5.45. The van der Waals surface area contributed by atoms with Gasteiger partial charge in [-0.25, -0.2) is 4.79 Å². The van der Waals surface area contributed by atoms with Crippen LogP contribution >= 0.6 is 11.5 Å². The third-order valence-corrected chi connectivity index (χ3v) is 2.98. The van der Waals surface area contributed by atoms with E-state index in [0.29, 0.717) is 13.0 Å². The van der Waals surface area contributed by atoms with Crippen molar-refractivity contribution >= 4 is 17.5 Å². The highest BCUT2D eigenvalue weighted by Crippen LogP contribution is 2.13. The van der Waals surface area contributed by atoms with Crippen LogP contribution in [0.4, 0.5) is 0 Å². The van der Waals surface area contributed by atoms with Crippen molar-refractivity contribution in [2.75, 3.05) is 6.61 Å². The Morgan fingerprint density at radius 1 is 1.35 bits per heavy atom. The van der Waals surface area contributed by atoms with E-state index in [4.69, 9.17) is 9.84 Å². The van der Waals surface area contributed by atoms with Crippen LogP contribution in [-0.2, 0) is 6.42 Å². The van der Waals surface area contributed by atoms with Gasteiger partial charge in [-0.2, -0.15) is 4.37 Å². The minimum Gasteiger partial charge on any atom is -0.493 e. The smallest absolute Gasteiger partial charge is 0.355 e. The van der Waals surface area contributed by atoms with Crippen molar-refractivity contribution in [3.63, 3.8) is 0 Å². The molecule has 1 aromatic heterocycles. The Bertz CT molecular complexity index is 495. The zero-order valence-corrected chi connectivity index (χ0v) is 9.81. The minimum absolute atomic E-state index is 0.102. The predicted molar refractivity (Wildman–Crippen MR) is 64.7 cm³/mol. The maximum absolute atomic E-state index is 10.6. The maximum Gasteiger partial charge on any atom is 0.355 e. The molecule has 0 atom stereocenters. The fraction of sp³-hybridized carbons (Fsp3) is 0.167. The number of para-hydroxylation sites is 1. The van der Waals surface area contributed by atoms with Gasteiger partial charge in [0.25, 0.3) is 0 Å². The lowest BCUT2D eigenvalue weighted by molar-refractivity contribution is 0.0692. The van der Waals surface area contributed by atoms with Crippen LogP contribution in [0.3, 0.4) is 0 Å². The van der Waals surface area contributed by atoms with Gasteiger partial charge < -0.3 is 9.84 Å². The second-order valence-electron chi connectivity index (χ2n) is 3.40. The molecule has 0 aliphatic heterocycles. The first-order chi connectivity index (χ1) is 8.25. The van der Waals surface area contributed by atoms with Gasteiger partial charge in [0.2, 0.25) is 0 Å². The third-order valence-electron chi connectivity index (χ3n) is 2.14. The zero-order chi connectivity index (χ0) is 12.1. The number of carboxylic acids is 1. The molecular weight excluding hydrogens is 238 g/mol. The average Bonchev–Trinajstić information content (AvgIpc) is 2.79. The van der Waals surface area contributed by atoms with Crippen LogP contribution in [0, 0.1) is 0 Å². The molecule has 88 valence electrons. The average molecular weight is 249 g/mol. The van der Waals surface area contributed by atoms with Gasteiger partial charge in [0.1, 0.15) is 5.75 Å². The first-order valence-corrected chi connectivity index (χ1v) is 5.90. The van der Waals surface area contributed by atoms with Crippen molar-refractivity contribution in [1.82, 2.24) is 4.37 Å². The monoisotopic (exact) mass is 249 g/mol. The van der Waals surface area contributed by atoms with Crippen molar-refractivity contribution in [2.24, 2.45) is 0 Å². The van der Waals surface area contributed by atoms with Gasteiger partial charge in [-0.1, -0.05) is 18.2 Å². The molecule has 0 saturated heterocycles. The fourth-order valence-electron chi connectivity index (χ4n) is 1.32. The van der Waals surface area contributed by atoms with Crippen LogP contribution in [0.25, 0.3) is 0 Å². The summed E-state index contributed by atoms with van der Waals surface area (Å²) in [7, 11) is 0. The van der Waals surface area contributed by atoms with E-state index in [2.05, 4.69) is 4.37 Å². The van der Waals surface area contributed by atoms with Crippen LogP contribution in [0.15, 0.2) is 36.4 Å². The molecule has 2 rings (SSSR count). The summed E-state index contributed by atoms with van der Waals surface area (Å²) in [5.74, 6) is -0.174.